The highest BCUT2D eigenvalue weighted by Gasteiger charge is 2.35. The molecule has 0 spiro atoms. The Bertz CT molecular complexity index is 1120. The Morgan fingerprint density at radius 3 is 2.71 bits per heavy atom. The molecule has 8 heteroatoms. The summed E-state index contributed by atoms with van der Waals surface area (Å²) >= 11 is 5.85. The van der Waals surface area contributed by atoms with Gasteiger partial charge in [-0.2, -0.15) is 0 Å². The lowest BCUT2D eigenvalue weighted by Gasteiger charge is -2.38. The van der Waals surface area contributed by atoms with Gasteiger partial charge in [0.1, 0.15) is 5.82 Å². The average Bonchev–Trinajstić information content (AvgIpc) is 2.79. The van der Waals surface area contributed by atoms with E-state index < -0.39 is 11.8 Å². The Morgan fingerprint density at radius 1 is 1.19 bits per heavy atom. The fourth-order valence-corrected chi connectivity index (χ4v) is 4.15. The molecule has 2 heterocycles. The number of amides is 2. The van der Waals surface area contributed by atoms with E-state index in [2.05, 4.69) is 10.3 Å². The smallest absolute Gasteiger partial charge is 0.313 e. The van der Waals surface area contributed by atoms with E-state index in [-0.39, 0.29) is 24.4 Å². The van der Waals surface area contributed by atoms with Crippen molar-refractivity contribution in [1.82, 2.24) is 9.88 Å². The molecule has 0 radical (unpaired) electrons. The van der Waals surface area contributed by atoms with Gasteiger partial charge >= 0.3 is 11.8 Å². The van der Waals surface area contributed by atoms with Crippen LogP contribution in [0.3, 0.4) is 0 Å². The summed E-state index contributed by atoms with van der Waals surface area (Å²) in [6, 6.07) is 12.9. The van der Waals surface area contributed by atoms with Crippen LogP contribution in [0.1, 0.15) is 17.9 Å². The molecule has 0 unspecified atom stereocenters. The molecule has 2 atom stereocenters. The van der Waals surface area contributed by atoms with E-state index in [9.17, 15) is 14.0 Å². The fraction of sp³-hybridized carbons (Fsp3) is 0.261. The largest absolute Gasteiger partial charge is 0.379 e. The van der Waals surface area contributed by atoms with E-state index in [1.807, 2.05) is 6.07 Å². The second-order valence-corrected chi connectivity index (χ2v) is 7.88. The molecule has 1 aliphatic rings. The number of methoxy groups -OCH3 is 1. The third kappa shape index (κ3) is 4.52. The molecule has 3 aromatic rings. The molecule has 0 aliphatic carbocycles. The quantitative estimate of drug-likeness (QED) is 0.624. The van der Waals surface area contributed by atoms with E-state index in [1.165, 1.54) is 17.0 Å². The van der Waals surface area contributed by atoms with E-state index >= 15 is 0 Å². The lowest BCUT2D eigenvalue weighted by Crippen LogP contribution is -2.49. The van der Waals surface area contributed by atoms with Crippen molar-refractivity contribution in [3.63, 3.8) is 0 Å². The maximum atomic E-state index is 13.9. The number of rotatable bonds is 3. The molecular formula is C23H21ClFN3O3. The SMILES string of the molecule is CO[C@H]1CN(C(=O)C(=O)Nc2ccc(Cl)cc2)CC[C@@H]1c1ccnc2ccc(F)cc12. The number of nitrogens with zero attached hydrogens (tertiary/aromatic N) is 2. The van der Waals surface area contributed by atoms with Gasteiger partial charge in [-0.3, -0.25) is 14.6 Å². The number of likely N-dealkylation sites (tertiary alicyclic amines) is 1. The minimum atomic E-state index is -0.716. The van der Waals surface area contributed by atoms with Gasteiger partial charge in [0, 0.05) is 48.4 Å². The lowest BCUT2D eigenvalue weighted by atomic mass is 9.85. The fourth-order valence-electron chi connectivity index (χ4n) is 4.02. The van der Waals surface area contributed by atoms with Gasteiger partial charge in [0.25, 0.3) is 0 Å². The number of carbonyl (C=O) groups is 2. The minimum absolute atomic E-state index is 0.0549. The molecule has 1 aliphatic heterocycles. The number of fused-ring (bicyclic) bond motifs is 1. The van der Waals surface area contributed by atoms with Crippen LogP contribution >= 0.6 is 11.6 Å². The van der Waals surface area contributed by atoms with Crippen LogP contribution < -0.4 is 5.32 Å². The second-order valence-electron chi connectivity index (χ2n) is 7.44. The first-order valence-corrected chi connectivity index (χ1v) is 10.3. The first kappa shape index (κ1) is 21.2. The third-order valence-corrected chi connectivity index (χ3v) is 5.83. The highest BCUT2D eigenvalue weighted by molar-refractivity contribution is 6.39. The molecule has 2 amide bonds. The number of pyridine rings is 1. The number of hydrogen-bond donors (Lipinski definition) is 1. The topological polar surface area (TPSA) is 71.5 Å². The van der Waals surface area contributed by atoms with E-state index in [0.717, 1.165) is 10.9 Å². The van der Waals surface area contributed by atoms with E-state index in [1.54, 1.807) is 43.6 Å². The van der Waals surface area contributed by atoms with Crippen molar-refractivity contribution < 1.29 is 18.7 Å². The molecule has 1 N–H and O–H groups in total. The van der Waals surface area contributed by atoms with Gasteiger partial charge in [0.15, 0.2) is 0 Å². The molecule has 2 aromatic carbocycles. The standard InChI is InChI=1S/C23H21ClFN3O3/c1-31-21-13-28(23(30)22(29)27-16-5-2-14(24)3-6-16)11-9-18(21)17-8-10-26-20-7-4-15(25)12-19(17)20/h2-8,10,12,18,21H,9,11,13H2,1H3,(H,27,29)/t18-,21+/m1/s1. The maximum Gasteiger partial charge on any atom is 0.313 e. The molecule has 0 saturated carbocycles. The van der Waals surface area contributed by atoms with Crippen molar-refractivity contribution >= 4 is 40.0 Å². The number of carbonyl (C=O) groups excluding carboxylic acids is 2. The summed E-state index contributed by atoms with van der Waals surface area (Å²) in [5.74, 6) is -1.73. The van der Waals surface area contributed by atoms with Gasteiger partial charge in [-0.25, -0.2) is 4.39 Å². The van der Waals surface area contributed by atoms with Crippen LogP contribution in [-0.4, -0.2) is 48.0 Å². The second kappa shape index (κ2) is 8.99. The summed E-state index contributed by atoms with van der Waals surface area (Å²) in [4.78, 5) is 30.9. The van der Waals surface area contributed by atoms with Crippen LogP contribution in [-0.2, 0) is 14.3 Å². The zero-order chi connectivity index (χ0) is 22.0. The molecule has 1 fully saturated rings. The lowest BCUT2D eigenvalue weighted by molar-refractivity contribution is -0.145. The molecule has 31 heavy (non-hydrogen) atoms. The van der Waals surface area contributed by atoms with Gasteiger partial charge in [-0.1, -0.05) is 11.6 Å². The summed E-state index contributed by atoms with van der Waals surface area (Å²) < 4.78 is 19.5. The van der Waals surface area contributed by atoms with Crippen LogP contribution in [0.25, 0.3) is 10.9 Å². The molecule has 1 aromatic heterocycles. The number of anilines is 1. The Hall–Kier alpha value is -3.03. The van der Waals surface area contributed by atoms with Crippen molar-refractivity contribution in [2.75, 3.05) is 25.5 Å². The van der Waals surface area contributed by atoms with Crippen LogP contribution in [0.2, 0.25) is 5.02 Å². The number of nitrogens with one attached hydrogen (secondary N) is 1. The predicted octanol–water partition coefficient (Wildman–Crippen LogP) is 4.00. The summed E-state index contributed by atoms with van der Waals surface area (Å²) in [7, 11) is 1.57. The summed E-state index contributed by atoms with van der Waals surface area (Å²) in [5, 5.41) is 3.86. The van der Waals surface area contributed by atoms with Crippen molar-refractivity contribution in [3.05, 3.63) is 71.1 Å². The van der Waals surface area contributed by atoms with Crippen molar-refractivity contribution in [1.29, 1.82) is 0 Å². The summed E-state index contributed by atoms with van der Waals surface area (Å²) in [6.07, 6.45) is 1.93. The molecule has 6 nitrogen and oxygen atoms in total. The van der Waals surface area contributed by atoms with Crippen LogP contribution in [0.5, 0.6) is 0 Å². The number of benzene rings is 2. The van der Waals surface area contributed by atoms with Crippen molar-refractivity contribution in [2.24, 2.45) is 0 Å². The monoisotopic (exact) mass is 441 g/mol. The molecular weight excluding hydrogens is 421 g/mol. The average molecular weight is 442 g/mol. The zero-order valence-electron chi connectivity index (χ0n) is 16.8. The summed E-state index contributed by atoms with van der Waals surface area (Å²) in [5.41, 5.74) is 2.12. The summed E-state index contributed by atoms with van der Waals surface area (Å²) in [6.45, 7) is 0.643. The van der Waals surface area contributed by atoms with Gasteiger partial charge in [-0.05, 0) is 60.5 Å². The first-order valence-electron chi connectivity index (χ1n) is 9.89. The van der Waals surface area contributed by atoms with Crippen molar-refractivity contribution in [2.45, 2.75) is 18.4 Å². The van der Waals surface area contributed by atoms with Crippen LogP contribution in [0.15, 0.2) is 54.7 Å². The molecule has 1 saturated heterocycles. The Balaban J connectivity index is 1.50. The highest BCUT2D eigenvalue weighted by atomic mass is 35.5. The number of ether oxygens (including phenoxy) is 1. The normalized spacial score (nSPS) is 18.7. The van der Waals surface area contributed by atoms with E-state index in [4.69, 9.17) is 16.3 Å². The first-order chi connectivity index (χ1) is 15.0. The van der Waals surface area contributed by atoms with Gasteiger partial charge in [-0.15, -0.1) is 0 Å². The predicted molar refractivity (Wildman–Crippen MR) is 117 cm³/mol. The van der Waals surface area contributed by atoms with Gasteiger partial charge in [0.2, 0.25) is 0 Å². The Morgan fingerprint density at radius 2 is 1.97 bits per heavy atom. The zero-order valence-corrected chi connectivity index (χ0v) is 17.6. The maximum absolute atomic E-state index is 13.9. The number of hydrogen-bond acceptors (Lipinski definition) is 4. The Labute approximate surface area is 184 Å². The van der Waals surface area contributed by atoms with E-state index in [0.29, 0.717) is 29.2 Å². The molecule has 160 valence electrons. The van der Waals surface area contributed by atoms with Crippen LogP contribution in [0, 0.1) is 5.82 Å². The van der Waals surface area contributed by atoms with Gasteiger partial charge in [0.05, 0.1) is 11.6 Å². The van der Waals surface area contributed by atoms with Crippen LogP contribution in [0.4, 0.5) is 10.1 Å². The number of halogens is 2. The molecule has 4 rings (SSSR count). The Kier molecular flexibility index (Phi) is 6.15. The number of aromatic nitrogens is 1. The minimum Gasteiger partial charge on any atom is -0.379 e. The third-order valence-electron chi connectivity index (χ3n) is 5.58. The number of piperidine rings is 1. The highest BCUT2D eigenvalue weighted by Crippen LogP contribution is 2.34. The molecule has 0 bridgehead atoms. The van der Waals surface area contributed by atoms with Crippen molar-refractivity contribution in [3.8, 4) is 0 Å². The van der Waals surface area contributed by atoms with Gasteiger partial charge < -0.3 is 15.0 Å².